The Balaban J connectivity index is 1.95. The Bertz CT molecular complexity index is 553. The topological polar surface area (TPSA) is 30.5 Å². The molecule has 2 rings (SSSR count). The van der Waals surface area contributed by atoms with Crippen molar-refractivity contribution in [3.63, 3.8) is 0 Å². The van der Waals surface area contributed by atoms with Gasteiger partial charge in [-0.1, -0.05) is 12.1 Å². The number of rotatable bonds is 5. The van der Waals surface area contributed by atoms with Gasteiger partial charge in [-0.15, -0.1) is 0 Å². The molecule has 21 heavy (non-hydrogen) atoms. The molecule has 112 valence electrons. The van der Waals surface area contributed by atoms with Crippen molar-refractivity contribution in [1.82, 2.24) is 5.32 Å². The number of hydrogen-bond donors (Lipinski definition) is 1. The third kappa shape index (κ3) is 5.12. The molecule has 3 nitrogen and oxygen atoms in total. The number of benzene rings is 2. The third-order valence-corrected chi connectivity index (χ3v) is 3.04. The van der Waals surface area contributed by atoms with Crippen molar-refractivity contribution in [2.75, 3.05) is 7.11 Å². The van der Waals surface area contributed by atoms with E-state index in [1.165, 1.54) is 5.56 Å². The molecule has 0 amide bonds. The van der Waals surface area contributed by atoms with Gasteiger partial charge in [0.2, 0.25) is 0 Å². The van der Waals surface area contributed by atoms with Crippen LogP contribution in [0.5, 0.6) is 17.2 Å². The molecular weight excluding hydrogens is 262 g/mol. The van der Waals surface area contributed by atoms with Gasteiger partial charge in [0, 0.05) is 12.1 Å². The molecular formula is C18H23NO2. The Kier molecular flexibility index (Phi) is 4.86. The molecule has 0 saturated carbocycles. The molecule has 0 aliphatic carbocycles. The van der Waals surface area contributed by atoms with Gasteiger partial charge in [-0.05, 0) is 62.7 Å². The summed E-state index contributed by atoms with van der Waals surface area (Å²) < 4.78 is 10.9. The molecule has 3 heteroatoms. The van der Waals surface area contributed by atoms with Crippen molar-refractivity contribution in [1.29, 1.82) is 0 Å². The van der Waals surface area contributed by atoms with E-state index in [4.69, 9.17) is 9.47 Å². The third-order valence-electron chi connectivity index (χ3n) is 3.04. The van der Waals surface area contributed by atoms with Gasteiger partial charge in [0.05, 0.1) is 7.11 Å². The Morgan fingerprint density at radius 3 is 1.76 bits per heavy atom. The second-order valence-electron chi connectivity index (χ2n) is 6.03. The standard InChI is InChI=1S/C18H23NO2/c1-18(2,3)19-13-14-5-7-16(8-6-14)21-17-11-9-15(20-4)10-12-17/h5-12,19H,13H2,1-4H3. The van der Waals surface area contributed by atoms with E-state index in [1.807, 2.05) is 36.4 Å². The predicted molar refractivity (Wildman–Crippen MR) is 86.1 cm³/mol. The lowest BCUT2D eigenvalue weighted by molar-refractivity contribution is 0.412. The predicted octanol–water partition coefficient (Wildman–Crippen LogP) is 4.38. The fourth-order valence-electron chi connectivity index (χ4n) is 1.82. The summed E-state index contributed by atoms with van der Waals surface area (Å²) in [6, 6.07) is 15.7. The van der Waals surface area contributed by atoms with Gasteiger partial charge in [0.1, 0.15) is 17.2 Å². The number of ether oxygens (including phenoxy) is 2. The van der Waals surface area contributed by atoms with E-state index in [1.54, 1.807) is 7.11 Å². The van der Waals surface area contributed by atoms with E-state index < -0.39 is 0 Å². The second-order valence-corrected chi connectivity index (χ2v) is 6.03. The highest BCUT2D eigenvalue weighted by atomic mass is 16.5. The van der Waals surface area contributed by atoms with E-state index >= 15 is 0 Å². The van der Waals surface area contributed by atoms with E-state index in [2.05, 4.69) is 38.2 Å². The molecule has 0 aliphatic rings. The van der Waals surface area contributed by atoms with Crippen molar-refractivity contribution in [2.45, 2.75) is 32.9 Å². The lowest BCUT2D eigenvalue weighted by atomic mass is 10.1. The van der Waals surface area contributed by atoms with Crippen LogP contribution in [0.3, 0.4) is 0 Å². The van der Waals surface area contributed by atoms with Crippen LogP contribution in [0.2, 0.25) is 0 Å². The average molecular weight is 285 g/mol. The molecule has 0 aromatic heterocycles. The van der Waals surface area contributed by atoms with Crippen molar-refractivity contribution >= 4 is 0 Å². The first-order valence-corrected chi connectivity index (χ1v) is 7.12. The first-order chi connectivity index (χ1) is 9.96. The van der Waals surface area contributed by atoms with Gasteiger partial charge < -0.3 is 14.8 Å². The summed E-state index contributed by atoms with van der Waals surface area (Å²) in [7, 11) is 1.65. The molecule has 0 aliphatic heterocycles. The number of methoxy groups -OCH3 is 1. The summed E-state index contributed by atoms with van der Waals surface area (Å²) in [6.07, 6.45) is 0. The Morgan fingerprint density at radius 2 is 1.29 bits per heavy atom. The van der Waals surface area contributed by atoms with E-state index in [0.29, 0.717) is 0 Å². The Morgan fingerprint density at radius 1 is 0.810 bits per heavy atom. The number of nitrogens with one attached hydrogen (secondary N) is 1. The lowest BCUT2D eigenvalue weighted by Gasteiger charge is -2.20. The maximum atomic E-state index is 5.80. The highest BCUT2D eigenvalue weighted by Crippen LogP contribution is 2.24. The second kappa shape index (κ2) is 6.64. The zero-order valence-electron chi connectivity index (χ0n) is 13.1. The van der Waals surface area contributed by atoms with Crippen LogP contribution in [0.15, 0.2) is 48.5 Å². The zero-order valence-corrected chi connectivity index (χ0v) is 13.1. The number of hydrogen-bond acceptors (Lipinski definition) is 3. The van der Waals surface area contributed by atoms with Crippen LogP contribution in [0.4, 0.5) is 0 Å². The largest absolute Gasteiger partial charge is 0.497 e. The van der Waals surface area contributed by atoms with E-state index in [-0.39, 0.29) is 5.54 Å². The molecule has 0 atom stereocenters. The highest BCUT2D eigenvalue weighted by Gasteiger charge is 2.08. The van der Waals surface area contributed by atoms with Gasteiger partial charge in [-0.3, -0.25) is 0 Å². The van der Waals surface area contributed by atoms with Crippen molar-refractivity contribution in [3.05, 3.63) is 54.1 Å². The summed E-state index contributed by atoms with van der Waals surface area (Å²) in [6.45, 7) is 7.34. The summed E-state index contributed by atoms with van der Waals surface area (Å²) in [5, 5.41) is 3.47. The Labute approximate surface area is 126 Å². The fourth-order valence-corrected chi connectivity index (χ4v) is 1.82. The molecule has 0 fully saturated rings. The summed E-state index contributed by atoms with van der Waals surface area (Å²) in [4.78, 5) is 0. The maximum absolute atomic E-state index is 5.80. The SMILES string of the molecule is COc1ccc(Oc2ccc(CNC(C)(C)C)cc2)cc1. The highest BCUT2D eigenvalue weighted by molar-refractivity contribution is 5.36. The molecule has 0 unspecified atom stereocenters. The molecule has 2 aromatic rings. The van der Waals surface area contributed by atoms with Crippen LogP contribution in [0.1, 0.15) is 26.3 Å². The van der Waals surface area contributed by atoms with Crippen LogP contribution >= 0.6 is 0 Å². The van der Waals surface area contributed by atoms with Gasteiger partial charge in [-0.25, -0.2) is 0 Å². The first kappa shape index (κ1) is 15.4. The molecule has 0 saturated heterocycles. The van der Waals surface area contributed by atoms with Crippen molar-refractivity contribution in [3.8, 4) is 17.2 Å². The minimum absolute atomic E-state index is 0.123. The van der Waals surface area contributed by atoms with Gasteiger partial charge >= 0.3 is 0 Å². The quantitative estimate of drug-likeness (QED) is 0.884. The Hall–Kier alpha value is -2.00. The molecule has 0 heterocycles. The van der Waals surface area contributed by atoms with Crippen LogP contribution < -0.4 is 14.8 Å². The maximum Gasteiger partial charge on any atom is 0.127 e. The van der Waals surface area contributed by atoms with E-state index in [9.17, 15) is 0 Å². The summed E-state index contributed by atoms with van der Waals surface area (Å²) in [5.74, 6) is 2.46. The average Bonchev–Trinajstić information content (AvgIpc) is 2.46. The van der Waals surface area contributed by atoms with Crippen LogP contribution in [0, 0.1) is 0 Å². The van der Waals surface area contributed by atoms with E-state index in [0.717, 1.165) is 23.8 Å². The van der Waals surface area contributed by atoms with Gasteiger partial charge in [-0.2, -0.15) is 0 Å². The monoisotopic (exact) mass is 285 g/mol. The summed E-state index contributed by atoms with van der Waals surface area (Å²) >= 11 is 0. The molecule has 2 aromatic carbocycles. The fraction of sp³-hybridized carbons (Fsp3) is 0.333. The molecule has 0 bridgehead atoms. The molecule has 0 radical (unpaired) electrons. The van der Waals surface area contributed by atoms with Gasteiger partial charge in [0.25, 0.3) is 0 Å². The smallest absolute Gasteiger partial charge is 0.127 e. The minimum atomic E-state index is 0.123. The lowest BCUT2D eigenvalue weighted by Crippen LogP contribution is -2.34. The van der Waals surface area contributed by atoms with Crippen molar-refractivity contribution in [2.24, 2.45) is 0 Å². The van der Waals surface area contributed by atoms with Crippen LogP contribution in [-0.4, -0.2) is 12.6 Å². The molecule has 1 N–H and O–H groups in total. The van der Waals surface area contributed by atoms with Gasteiger partial charge in [0.15, 0.2) is 0 Å². The normalized spacial score (nSPS) is 11.2. The first-order valence-electron chi connectivity index (χ1n) is 7.12. The van der Waals surface area contributed by atoms with Crippen LogP contribution in [0.25, 0.3) is 0 Å². The summed E-state index contributed by atoms with van der Waals surface area (Å²) in [5.41, 5.74) is 1.37. The zero-order chi connectivity index (χ0) is 15.3. The van der Waals surface area contributed by atoms with Crippen molar-refractivity contribution < 1.29 is 9.47 Å². The van der Waals surface area contributed by atoms with Crippen LogP contribution in [-0.2, 0) is 6.54 Å². The molecule has 0 spiro atoms. The minimum Gasteiger partial charge on any atom is -0.497 e.